The van der Waals surface area contributed by atoms with Crippen molar-refractivity contribution >= 4 is 5.91 Å². The van der Waals surface area contributed by atoms with Gasteiger partial charge in [0.15, 0.2) is 18.1 Å². The Morgan fingerprint density at radius 1 is 1.14 bits per heavy atom. The number of benzene rings is 1. The molecule has 1 atom stereocenters. The molecule has 1 aromatic carbocycles. The predicted octanol–water partition coefficient (Wildman–Crippen LogP) is 2.27. The molecule has 0 bridgehead atoms. The summed E-state index contributed by atoms with van der Waals surface area (Å²) in [6, 6.07) is 6.86. The molecule has 2 heterocycles. The number of carbonyl (C=O) groups is 1. The Bertz CT molecular complexity index is 671. The van der Waals surface area contributed by atoms with Crippen LogP contribution >= 0.6 is 0 Å². The molecule has 3 fully saturated rings. The summed E-state index contributed by atoms with van der Waals surface area (Å²) in [4.78, 5) is 16.7. The summed E-state index contributed by atoms with van der Waals surface area (Å²) in [5.41, 5.74) is 1.17. The lowest BCUT2D eigenvalue weighted by Crippen LogP contribution is -2.32. The summed E-state index contributed by atoms with van der Waals surface area (Å²) in [7, 11) is 1.65. The predicted molar refractivity (Wildman–Crippen MR) is 109 cm³/mol. The number of nitrogens with one attached hydrogen (secondary N) is 1. The minimum absolute atomic E-state index is 0.0575. The third kappa shape index (κ3) is 4.97. The molecule has 1 unspecified atom stereocenters. The number of methoxy groups -OCH3 is 1. The van der Waals surface area contributed by atoms with Crippen molar-refractivity contribution in [2.75, 3.05) is 46.4 Å². The highest BCUT2D eigenvalue weighted by Crippen LogP contribution is 2.31. The first-order valence-electron chi connectivity index (χ1n) is 10.7. The Morgan fingerprint density at radius 2 is 1.96 bits per heavy atom. The smallest absolute Gasteiger partial charge is 0.260 e. The fraction of sp³-hybridized carbons (Fsp3) is 0.682. The first-order chi connectivity index (χ1) is 13.7. The summed E-state index contributed by atoms with van der Waals surface area (Å²) < 4.78 is 11.2. The van der Waals surface area contributed by atoms with Crippen LogP contribution in [0.4, 0.5) is 0 Å². The summed E-state index contributed by atoms with van der Waals surface area (Å²) >= 11 is 0. The van der Waals surface area contributed by atoms with Crippen LogP contribution in [0.1, 0.15) is 37.7 Å². The second kappa shape index (κ2) is 9.14. The zero-order valence-electron chi connectivity index (χ0n) is 17.0. The Morgan fingerprint density at radius 3 is 2.71 bits per heavy atom. The van der Waals surface area contributed by atoms with Crippen LogP contribution in [0.5, 0.6) is 11.5 Å². The molecule has 4 rings (SSSR count). The van der Waals surface area contributed by atoms with Crippen molar-refractivity contribution in [3.8, 4) is 11.5 Å². The van der Waals surface area contributed by atoms with Crippen LogP contribution < -0.4 is 14.8 Å². The molecule has 6 heteroatoms. The standard InChI is InChI=1S/C22H33N3O3/c1-27-21-12-17(13-23-14-18-8-11-25(15-18)19-5-6-19)4-7-20(21)28-16-22(26)24-9-2-3-10-24/h4,7,12,18-19,23H,2-3,5-6,8-11,13-16H2,1H3. The van der Waals surface area contributed by atoms with Crippen molar-refractivity contribution in [3.05, 3.63) is 23.8 Å². The number of nitrogens with zero attached hydrogens (tertiary/aromatic N) is 2. The Labute approximate surface area is 168 Å². The van der Waals surface area contributed by atoms with Crippen molar-refractivity contribution in [2.45, 2.75) is 44.7 Å². The lowest BCUT2D eigenvalue weighted by atomic mass is 10.1. The molecule has 154 valence electrons. The van der Waals surface area contributed by atoms with Crippen molar-refractivity contribution in [1.82, 2.24) is 15.1 Å². The maximum absolute atomic E-state index is 12.2. The molecular weight excluding hydrogens is 354 g/mol. The van der Waals surface area contributed by atoms with Gasteiger partial charge in [-0.1, -0.05) is 6.07 Å². The van der Waals surface area contributed by atoms with E-state index in [-0.39, 0.29) is 12.5 Å². The molecule has 1 saturated carbocycles. The van der Waals surface area contributed by atoms with Gasteiger partial charge in [0.1, 0.15) is 0 Å². The van der Waals surface area contributed by atoms with E-state index < -0.39 is 0 Å². The SMILES string of the molecule is COc1cc(CNCC2CCN(C3CC3)C2)ccc1OCC(=O)N1CCCC1. The number of ether oxygens (including phenoxy) is 2. The van der Waals surface area contributed by atoms with Crippen LogP contribution in [-0.2, 0) is 11.3 Å². The van der Waals surface area contributed by atoms with Crippen molar-refractivity contribution in [2.24, 2.45) is 5.92 Å². The van der Waals surface area contributed by atoms with Crippen molar-refractivity contribution in [1.29, 1.82) is 0 Å². The van der Waals surface area contributed by atoms with E-state index in [4.69, 9.17) is 9.47 Å². The van der Waals surface area contributed by atoms with E-state index >= 15 is 0 Å². The third-order valence-electron chi connectivity index (χ3n) is 6.18. The molecule has 0 spiro atoms. The summed E-state index contributed by atoms with van der Waals surface area (Å²) in [5, 5.41) is 3.60. The van der Waals surface area contributed by atoms with E-state index in [1.54, 1.807) is 7.11 Å². The average Bonchev–Trinajstić information content (AvgIpc) is 3.21. The lowest BCUT2D eigenvalue weighted by Gasteiger charge is -2.17. The third-order valence-corrected chi connectivity index (χ3v) is 6.18. The zero-order valence-corrected chi connectivity index (χ0v) is 17.0. The highest BCUT2D eigenvalue weighted by atomic mass is 16.5. The van der Waals surface area contributed by atoms with Gasteiger partial charge in [-0.05, 0) is 68.8 Å². The Balaban J connectivity index is 1.23. The first-order valence-corrected chi connectivity index (χ1v) is 10.7. The number of amides is 1. The minimum atomic E-state index is 0.0575. The first kappa shape index (κ1) is 19.5. The van der Waals surface area contributed by atoms with E-state index in [1.807, 2.05) is 17.0 Å². The van der Waals surface area contributed by atoms with Crippen LogP contribution in [0.15, 0.2) is 18.2 Å². The summed E-state index contributed by atoms with van der Waals surface area (Å²) in [5.74, 6) is 2.15. The molecule has 28 heavy (non-hydrogen) atoms. The topological polar surface area (TPSA) is 54.0 Å². The van der Waals surface area contributed by atoms with E-state index in [1.165, 1.54) is 37.9 Å². The fourth-order valence-electron chi connectivity index (χ4n) is 4.36. The average molecular weight is 388 g/mol. The van der Waals surface area contributed by atoms with Gasteiger partial charge in [0.2, 0.25) is 0 Å². The highest BCUT2D eigenvalue weighted by Gasteiger charge is 2.34. The molecule has 2 saturated heterocycles. The second-order valence-electron chi connectivity index (χ2n) is 8.37. The molecular formula is C22H33N3O3. The molecule has 0 radical (unpaired) electrons. The molecule has 1 amide bonds. The summed E-state index contributed by atoms with van der Waals surface area (Å²) in [6.45, 7) is 6.18. The molecule has 1 aromatic rings. The Kier molecular flexibility index (Phi) is 6.37. The van der Waals surface area contributed by atoms with Gasteiger partial charge in [-0.3, -0.25) is 4.79 Å². The van der Waals surface area contributed by atoms with Gasteiger partial charge in [0.05, 0.1) is 7.11 Å². The number of carbonyl (C=O) groups excluding carboxylic acids is 1. The number of rotatable bonds is 9. The Hall–Kier alpha value is -1.79. The maximum atomic E-state index is 12.2. The van der Waals surface area contributed by atoms with E-state index in [0.29, 0.717) is 11.5 Å². The van der Waals surface area contributed by atoms with Gasteiger partial charge in [-0.2, -0.15) is 0 Å². The van der Waals surface area contributed by atoms with Crippen LogP contribution in [0.2, 0.25) is 0 Å². The monoisotopic (exact) mass is 387 g/mol. The molecule has 2 aliphatic heterocycles. The normalized spacial score (nSPS) is 22.6. The van der Waals surface area contributed by atoms with Crippen molar-refractivity contribution in [3.63, 3.8) is 0 Å². The lowest BCUT2D eigenvalue weighted by molar-refractivity contribution is -0.132. The molecule has 3 aliphatic rings. The van der Waals surface area contributed by atoms with E-state index in [0.717, 1.165) is 51.0 Å². The van der Waals surface area contributed by atoms with Gasteiger partial charge in [0, 0.05) is 32.2 Å². The van der Waals surface area contributed by atoms with E-state index in [9.17, 15) is 4.79 Å². The number of likely N-dealkylation sites (tertiary alicyclic amines) is 2. The van der Waals surface area contributed by atoms with E-state index in [2.05, 4.69) is 16.3 Å². The largest absolute Gasteiger partial charge is 0.493 e. The molecule has 6 nitrogen and oxygen atoms in total. The maximum Gasteiger partial charge on any atom is 0.260 e. The van der Waals surface area contributed by atoms with Gasteiger partial charge < -0.3 is 24.6 Å². The van der Waals surface area contributed by atoms with Gasteiger partial charge >= 0.3 is 0 Å². The van der Waals surface area contributed by atoms with Gasteiger partial charge in [0.25, 0.3) is 5.91 Å². The molecule has 1 N–H and O–H groups in total. The number of hydrogen-bond donors (Lipinski definition) is 1. The fourth-order valence-corrected chi connectivity index (χ4v) is 4.36. The van der Waals surface area contributed by atoms with Crippen LogP contribution in [0.3, 0.4) is 0 Å². The number of hydrogen-bond acceptors (Lipinski definition) is 5. The highest BCUT2D eigenvalue weighted by molar-refractivity contribution is 5.78. The van der Waals surface area contributed by atoms with Crippen LogP contribution in [0.25, 0.3) is 0 Å². The van der Waals surface area contributed by atoms with Gasteiger partial charge in [-0.15, -0.1) is 0 Å². The van der Waals surface area contributed by atoms with Crippen LogP contribution in [-0.4, -0.2) is 68.2 Å². The van der Waals surface area contributed by atoms with Crippen molar-refractivity contribution < 1.29 is 14.3 Å². The molecule has 0 aromatic heterocycles. The minimum Gasteiger partial charge on any atom is -0.493 e. The molecule has 1 aliphatic carbocycles. The zero-order chi connectivity index (χ0) is 19.3. The van der Waals surface area contributed by atoms with Crippen LogP contribution in [0, 0.1) is 5.92 Å². The van der Waals surface area contributed by atoms with Gasteiger partial charge in [-0.25, -0.2) is 0 Å². The summed E-state index contributed by atoms with van der Waals surface area (Å²) in [6.07, 6.45) is 6.30. The quantitative estimate of drug-likeness (QED) is 0.705. The second-order valence-corrected chi connectivity index (χ2v) is 8.37.